The van der Waals surface area contributed by atoms with Crippen LogP contribution >= 0.6 is 0 Å². The fourth-order valence-corrected chi connectivity index (χ4v) is 1.25. The van der Waals surface area contributed by atoms with Gasteiger partial charge in [0.05, 0.1) is 0 Å². The van der Waals surface area contributed by atoms with Crippen LogP contribution in [0, 0.1) is 12.3 Å². The molecule has 0 aromatic heterocycles. The van der Waals surface area contributed by atoms with Crippen molar-refractivity contribution in [2.24, 2.45) is 0 Å². The zero-order chi connectivity index (χ0) is 10.6. The molecule has 1 aromatic carbocycles. The molecule has 0 fully saturated rings. The fraction of sp³-hybridized carbons (Fsp3) is 0.250. The summed E-state index contributed by atoms with van der Waals surface area (Å²) in [5.41, 5.74) is 0.965. The minimum absolute atomic E-state index is 0.0307. The Kier molecular flexibility index (Phi) is 3.30. The van der Waals surface area contributed by atoms with Gasteiger partial charge in [0.1, 0.15) is 6.04 Å². The Hall–Kier alpha value is -1.75. The summed E-state index contributed by atoms with van der Waals surface area (Å²) >= 11 is 0. The maximum absolute atomic E-state index is 11.1. The van der Waals surface area contributed by atoms with Crippen molar-refractivity contribution in [1.82, 2.24) is 4.90 Å². The van der Waals surface area contributed by atoms with Crippen molar-refractivity contribution in [2.45, 2.75) is 13.0 Å². The average Bonchev–Trinajstić information content (AvgIpc) is 2.20. The molecule has 1 rings (SSSR count). The van der Waals surface area contributed by atoms with E-state index in [1.54, 1.807) is 11.9 Å². The summed E-state index contributed by atoms with van der Waals surface area (Å²) in [6.07, 6.45) is 5.40. The molecule has 2 nitrogen and oxygen atoms in total. The molecule has 0 heterocycles. The third-order valence-corrected chi connectivity index (χ3v) is 2.16. The standard InChI is InChI=1S/C12H13NO/c1-4-12(13(3)10(2)14)11-8-6-5-7-9-11/h1,5-9,12H,2-3H3. The molecule has 0 aliphatic carbocycles. The van der Waals surface area contributed by atoms with Crippen molar-refractivity contribution >= 4 is 5.91 Å². The van der Waals surface area contributed by atoms with Crippen LogP contribution in [-0.2, 0) is 4.79 Å². The Balaban J connectivity index is 2.95. The van der Waals surface area contributed by atoms with Crippen molar-refractivity contribution in [2.75, 3.05) is 7.05 Å². The summed E-state index contributed by atoms with van der Waals surface area (Å²) < 4.78 is 0. The highest BCUT2D eigenvalue weighted by Crippen LogP contribution is 2.17. The molecule has 1 atom stereocenters. The van der Waals surface area contributed by atoms with E-state index < -0.39 is 0 Å². The Bertz CT molecular complexity index is 350. The second kappa shape index (κ2) is 4.48. The third-order valence-electron chi connectivity index (χ3n) is 2.16. The SMILES string of the molecule is C#CC(c1ccccc1)N(C)C(C)=O. The quantitative estimate of drug-likeness (QED) is 0.647. The summed E-state index contributed by atoms with van der Waals surface area (Å²) in [5.74, 6) is 2.57. The molecule has 2 heteroatoms. The molecule has 0 saturated heterocycles. The Labute approximate surface area is 84.5 Å². The van der Waals surface area contributed by atoms with E-state index in [0.717, 1.165) is 5.56 Å². The Morgan fingerprint density at radius 1 is 1.43 bits per heavy atom. The zero-order valence-corrected chi connectivity index (χ0v) is 8.40. The molecule has 72 valence electrons. The van der Waals surface area contributed by atoms with Gasteiger partial charge in [0, 0.05) is 14.0 Å². The van der Waals surface area contributed by atoms with Crippen LogP contribution in [0.4, 0.5) is 0 Å². The van der Waals surface area contributed by atoms with Crippen LogP contribution in [0.2, 0.25) is 0 Å². The van der Waals surface area contributed by atoms with Gasteiger partial charge >= 0.3 is 0 Å². The zero-order valence-electron chi connectivity index (χ0n) is 8.40. The highest BCUT2D eigenvalue weighted by Gasteiger charge is 2.15. The molecule has 1 aromatic rings. The van der Waals surface area contributed by atoms with Gasteiger partial charge in [-0.2, -0.15) is 0 Å². The van der Waals surface area contributed by atoms with Gasteiger partial charge in [-0.3, -0.25) is 4.79 Å². The van der Waals surface area contributed by atoms with Gasteiger partial charge in [-0.15, -0.1) is 6.42 Å². The number of nitrogens with zero attached hydrogens (tertiary/aromatic N) is 1. The molecule has 0 spiro atoms. The average molecular weight is 187 g/mol. The molecular weight excluding hydrogens is 174 g/mol. The van der Waals surface area contributed by atoms with Crippen LogP contribution in [0.1, 0.15) is 18.5 Å². The molecule has 0 N–H and O–H groups in total. The van der Waals surface area contributed by atoms with Crippen LogP contribution in [0.25, 0.3) is 0 Å². The normalized spacial score (nSPS) is 11.5. The van der Waals surface area contributed by atoms with Crippen LogP contribution in [-0.4, -0.2) is 17.9 Å². The number of carbonyl (C=O) groups excluding carboxylic acids is 1. The van der Waals surface area contributed by atoms with Crippen molar-refractivity contribution in [3.8, 4) is 12.3 Å². The van der Waals surface area contributed by atoms with E-state index in [1.807, 2.05) is 30.3 Å². The van der Waals surface area contributed by atoms with Gasteiger partial charge in [-0.05, 0) is 5.56 Å². The molecule has 0 radical (unpaired) electrons. The third kappa shape index (κ3) is 2.14. The molecule has 1 amide bonds. The second-order valence-electron chi connectivity index (χ2n) is 3.11. The van der Waals surface area contributed by atoms with Gasteiger partial charge < -0.3 is 4.90 Å². The van der Waals surface area contributed by atoms with E-state index in [0.29, 0.717) is 0 Å². The molecular formula is C12H13NO. The number of terminal acetylenes is 1. The molecule has 0 bridgehead atoms. The van der Waals surface area contributed by atoms with Crippen LogP contribution in [0.3, 0.4) is 0 Å². The highest BCUT2D eigenvalue weighted by atomic mass is 16.2. The first kappa shape index (κ1) is 10.3. The first-order valence-electron chi connectivity index (χ1n) is 4.41. The number of rotatable bonds is 2. The van der Waals surface area contributed by atoms with Crippen LogP contribution < -0.4 is 0 Å². The molecule has 0 saturated carbocycles. The lowest BCUT2D eigenvalue weighted by Gasteiger charge is -2.22. The van der Waals surface area contributed by atoms with Gasteiger partial charge in [0.25, 0.3) is 0 Å². The molecule has 14 heavy (non-hydrogen) atoms. The van der Waals surface area contributed by atoms with Gasteiger partial charge in [-0.25, -0.2) is 0 Å². The van der Waals surface area contributed by atoms with Crippen LogP contribution in [0.15, 0.2) is 30.3 Å². The largest absolute Gasteiger partial charge is 0.328 e. The van der Waals surface area contributed by atoms with Crippen molar-refractivity contribution in [3.63, 3.8) is 0 Å². The van der Waals surface area contributed by atoms with Gasteiger partial charge in [0.2, 0.25) is 5.91 Å². The van der Waals surface area contributed by atoms with E-state index >= 15 is 0 Å². The number of amides is 1. The topological polar surface area (TPSA) is 20.3 Å². The monoisotopic (exact) mass is 187 g/mol. The summed E-state index contributed by atoms with van der Waals surface area (Å²) in [4.78, 5) is 12.7. The lowest BCUT2D eigenvalue weighted by atomic mass is 10.1. The first-order valence-corrected chi connectivity index (χ1v) is 4.41. The maximum atomic E-state index is 11.1. The minimum Gasteiger partial charge on any atom is -0.328 e. The number of hydrogen-bond acceptors (Lipinski definition) is 1. The van der Waals surface area contributed by atoms with E-state index in [9.17, 15) is 4.79 Å². The number of benzene rings is 1. The lowest BCUT2D eigenvalue weighted by Crippen LogP contribution is -2.28. The van der Waals surface area contributed by atoms with Gasteiger partial charge in [0.15, 0.2) is 0 Å². The van der Waals surface area contributed by atoms with Crippen molar-refractivity contribution in [3.05, 3.63) is 35.9 Å². The predicted molar refractivity (Wildman–Crippen MR) is 56.5 cm³/mol. The van der Waals surface area contributed by atoms with E-state index in [2.05, 4.69) is 5.92 Å². The maximum Gasteiger partial charge on any atom is 0.220 e. The summed E-state index contributed by atoms with van der Waals surface area (Å²) in [5, 5.41) is 0. The predicted octanol–water partition coefficient (Wildman–Crippen LogP) is 1.84. The van der Waals surface area contributed by atoms with E-state index in [1.165, 1.54) is 6.92 Å². The van der Waals surface area contributed by atoms with E-state index in [4.69, 9.17) is 6.42 Å². The highest BCUT2D eigenvalue weighted by molar-refractivity contribution is 5.74. The lowest BCUT2D eigenvalue weighted by molar-refractivity contribution is -0.128. The fourth-order valence-electron chi connectivity index (χ4n) is 1.25. The summed E-state index contributed by atoms with van der Waals surface area (Å²) in [6, 6.07) is 9.31. The molecule has 0 aliphatic heterocycles. The number of carbonyl (C=O) groups is 1. The van der Waals surface area contributed by atoms with Crippen molar-refractivity contribution < 1.29 is 4.79 Å². The molecule has 1 unspecified atom stereocenters. The smallest absolute Gasteiger partial charge is 0.220 e. The van der Waals surface area contributed by atoms with Crippen LogP contribution in [0.5, 0.6) is 0 Å². The Morgan fingerprint density at radius 2 is 2.00 bits per heavy atom. The molecule has 0 aliphatic rings. The summed E-state index contributed by atoms with van der Waals surface area (Å²) in [7, 11) is 1.71. The Morgan fingerprint density at radius 3 is 2.43 bits per heavy atom. The number of hydrogen-bond donors (Lipinski definition) is 0. The minimum atomic E-state index is -0.270. The second-order valence-corrected chi connectivity index (χ2v) is 3.11. The van der Waals surface area contributed by atoms with E-state index in [-0.39, 0.29) is 11.9 Å². The first-order chi connectivity index (χ1) is 6.66. The van der Waals surface area contributed by atoms with Crippen molar-refractivity contribution in [1.29, 1.82) is 0 Å². The summed E-state index contributed by atoms with van der Waals surface area (Å²) in [6.45, 7) is 1.51. The van der Waals surface area contributed by atoms with Gasteiger partial charge in [-0.1, -0.05) is 36.3 Å².